The summed E-state index contributed by atoms with van der Waals surface area (Å²) in [4.78, 5) is 29.8. The number of aliphatic carboxylic acids is 1. The number of aromatic amines is 1. The van der Waals surface area contributed by atoms with Gasteiger partial charge in [-0.05, 0) is 5.56 Å². The molecule has 2 N–H and O–H groups in total. The van der Waals surface area contributed by atoms with Crippen LogP contribution in [-0.2, 0) is 11.3 Å². The highest BCUT2D eigenvalue weighted by molar-refractivity contribution is 5.80. The number of nitrogens with one attached hydrogen (secondary N) is 1. The number of hydrogen-bond acceptors (Lipinski definition) is 4. The zero-order valence-electron chi connectivity index (χ0n) is 16.1. The number of benzene rings is 1. The van der Waals surface area contributed by atoms with Crippen molar-refractivity contribution in [1.82, 2.24) is 24.9 Å². The Bertz CT molecular complexity index is 881. The molecule has 2 amide bonds. The fourth-order valence-electron chi connectivity index (χ4n) is 4.55. The smallest absolute Gasteiger partial charge is 0.319 e. The van der Waals surface area contributed by atoms with E-state index in [1.54, 1.807) is 19.0 Å². The Morgan fingerprint density at radius 2 is 2.00 bits per heavy atom. The zero-order chi connectivity index (χ0) is 19.9. The molecule has 0 spiro atoms. The van der Waals surface area contributed by atoms with Crippen molar-refractivity contribution in [1.29, 1.82) is 0 Å². The zero-order valence-corrected chi connectivity index (χ0v) is 16.1. The van der Waals surface area contributed by atoms with Gasteiger partial charge in [0.1, 0.15) is 5.41 Å². The third kappa shape index (κ3) is 3.03. The standard InChI is InChI=1S/C20H25N5O3/c1-23(2)19(28)25-11-16-10-24(12-20(16,13-25)18(26)27)9-15-8-21-22-17(15)14-6-4-3-5-7-14/h3-8,16H,9-13H2,1-2H3,(H,21,22)(H,26,27)/t16-,20-/m0/s1. The van der Waals surface area contributed by atoms with Crippen molar-refractivity contribution in [2.75, 3.05) is 40.3 Å². The topological polar surface area (TPSA) is 92.8 Å². The molecule has 4 rings (SSSR count). The number of nitrogens with zero attached hydrogens (tertiary/aromatic N) is 4. The number of amides is 2. The number of hydrogen-bond donors (Lipinski definition) is 2. The van der Waals surface area contributed by atoms with Crippen LogP contribution in [0.15, 0.2) is 36.5 Å². The molecule has 1 aromatic carbocycles. The van der Waals surface area contributed by atoms with Gasteiger partial charge in [-0.3, -0.25) is 14.8 Å². The van der Waals surface area contributed by atoms with Gasteiger partial charge in [0.25, 0.3) is 0 Å². The summed E-state index contributed by atoms with van der Waals surface area (Å²) in [7, 11) is 3.39. The number of carboxylic acid groups (broad SMARTS) is 1. The van der Waals surface area contributed by atoms with E-state index in [1.807, 2.05) is 36.5 Å². The molecule has 0 unspecified atom stereocenters. The van der Waals surface area contributed by atoms with Gasteiger partial charge in [0.05, 0.1) is 11.9 Å². The average Bonchev–Trinajstić information content (AvgIpc) is 3.35. The Balaban J connectivity index is 1.51. The van der Waals surface area contributed by atoms with Gasteiger partial charge in [-0.1, -0.05) is 30.3 Å². The van der Waals surface area contributed by atoms with E-state index >= 15 is 0 Å². The molecular formula is C20H25N5O3. The van der Waals surface area contributed by atoms with Crippen LogP contribution in [0.25, 0.3) is 11.3 Å². The van der Waals surface area contributed by atoms with Gasteiger partial charge in [0.2, 0.25) is 0 Å². The van der Waals surface area contributed by atoms with Crippen molar-refractivity contribution >= 4 is 12.0 Å². The fraction of sp³-hybridized carbons (Fsp3) is 0.450. The molecule has 8 heteroatoms. The summed E-state index contributed by atoms with van der Waals surface area (Å²) in [6.45, 7) is 2.47. The number of fused-ring (bicyclic) bond motifs is 1. The summed E-state index contributed by atoms with van der Waals surface area (Å²) in [5.74, 6) is -0.884. The quantitative estimate of drug-likeness (QED) is 0.836. The highest BCUT2D eigenvalue weighted by Crippen LogP contribution is 2.43. The highest BCUT2D eigenvalue weighted by Gasteiger charge is 2.58. The molecule has 0 aliphatic carbocycles. The molecular weight excluding hydrogens is 358 g/mol. The van der Waals surface area contributed by atoms with Crippen molar-refractivity contribution in [3.05, 3.63) is 42.1 Å². The number of urea groups is 1. The Morgan fingerprint density at radius 3 is 2.64 bits per heavy atom. The summed E-state index contributed by atoms with van der Waals surface area (Å²) < 4.78 is 0. The van der Waals surface area contributed by atoms with E-state index in [0.29, 0.717) is 26.2 Å². The van der Waals surface area contributed by atoms with E-state index in [4.69, 9.17) is 0 Å². The number of carbonyl (C=O) groups is 2. The monoisotopic (exact) mass is 383 g/mol. The Kier molecular flexibility index (Phi) is 4.58. The first-order valence-electron chi connectivity index (χ1n) is 9.40. The Hall–Kier alpha value is -2.87. The first-order valence-corrected chi connectivity index (χ1v) is 9.40. The summed E-state index contributed by atoms with van der Waals surface area (Å²) in [5.41, 5.74) is 2.17. The average molecular weight is 383 g/mol. The van der Waals surface area contributed by atoms with Crippen molar-refractivity contribution in [2.45, 2.75) is 6.54 Å². The first kappa shape index (κ1) is 18.5. The van der Waals surface area contributed by atoms with Crippen LogP contribution < -0.4 is 0 Å². The molecule has 0 radical (unpaired) electrons. The molecule has 2 aromatic rings. The van der Waals surface area contributed by atoms with Crippen molar-refractivity contribution in [3.63, 3.8) is 0 Å². The van der Waals surface area contributed by atoms with Gasteiger partial charge in [0, 0.05) is 58.3 Å². The van der Waals surface area contributed by atoms with Gasteiger partial charge >= 0.3 is 12.0 Å². The normalized spacial score (nSPS) is 24.4. The first-order chi connectivity index (χ1) is 13.4. The molecule has 2 saturated heterocycles. The number of H-pyrrole nitrogens is 1. The molecule has 3 heterocycles. The van der Waals surface area contributed by atoms with Gasteiger partial charge < -0.3 is 14.9 Å². The molecule has 0 bridgehead atoms. The lowest BCUT2D eigenvalue weighted by atomic mass is 9.81. The van der Waals surface area contributed by atoms with E-state index in [-0.39, 0.29) is 18.5 Å². The van der Waals surface area contributed by atoms with Crippen molar-refractivity contribution in [3.8, 4) is 11.3 Å². The van der Waals surface area contributed by atoms with Crippen LogP contribution in [0.3, 0.4) is 0 Å². The minimum atomic E-state index is -0.900. The summed E-state index contributed by atoms with van der Waals surface area (Å²) >= 11 is 0. The predicted octanol–water partition coefficient (Wildman–Crippen LogP) is 1.58. The third-order valence-corrected chi connectivity index (χ3v) is 5.93. The van der Waals surface area contributed by atoms with Crippen LogP contribution in [0.5, 0.6) is 0 Å². The minimum absolute atomic E-state index is 0.0685. The molecule has 2 fully saturated rings. The fourth-order valence-corrected chi connectivity index (χ4v) is 4.55. The SMILES string of the molecule is CN(C)C(=O)N1C[C@@H]2CN(Cc3cn[nH]c3-c3ccccc3)C[C@]2(C(=O)O)C1. The lowest BCUT2D eigenvalue weighted by molar-refractivity contribution is -0.148. The number of carbonyl (C=O) groups excluding carboxylic acids is 1. The molecule has 2 aliphatic heterocycles. The second-order valence-electron chi connectivity index (χ2n) is 8.02. The molecule has 2 atom stereocenters. The largest absolute Gasteiger partial charge is 0.481 e. The van der Waals surface area contributed by atoms with Crippen LogP contribution >= 0.6 is 0 Å². The molecule has 0 saturated carbocycles. The van der Waals surface area contributed by atoms with E-state index < -0.39 is 11.4 Å². The van der Waals surface area contributed by atoms with Crippen molar-refractivity contribution < 1.29 is 14.7 Å². The lowest BCUT2D eigenvalue weighted by Crippen LogP contribution is -2.44. The maximum atomic E-state index is 12.3. The Morgan fingerprint density at radius 1 is 1.25 bits per heavy atom. The number of rotatable bonds is 4. The second-order valence-corrected chi connectivity index (χ2v) is 8.02. The highest BCUT2D eigenvalue weighted by atomic mass is 16.4. The number of aromatic nitrogens is 2. The van der Waals surface area contributed by atoms with Crippen LogP contribution in [0.1, 0.15) is 5.56 Å². The number of carboxylic acids is 1. The van der Waals surface area contributed by atoms with E-state index in [0.717, 1.165) is 16.8 Å². The molecule has 8 nitrogen and oxygen atoms in total. The van der Waals surface area contributed by atoms with E-state index in [2.05, 4.69) is 15.1 Å². The predicted molar refractivity (Wildman–Crippen MR) is 104 cm³/mol. The Labute approximate surface area is 163 Å². The summed E-state index contributed by atoms with van der Waals surface area (Å²) in [6, 6.07) is 9.87. The molecule has 2 aliphatic rings. The van der Waals surface area contributed by atoms with Gasteiger partial charge in [-0.25, -0.2) is 4.79 Å². The summed E-state index contributed by atoms with van der Waals surface area (Å²) in [6.07, 6.45) is 1.81. The molecule has 28 heavy (non-hydrogen) atoms. The van der Waals surface area contributed by atoms with Crippen LogP contribution in [-0.4, -0.2) is 82.3 Å². The van der Waals surface area contributed by atoms with Crippen molar-refractivity contribution in [2.24, 2.45) is 11.3 Å². The van der Waals surface area contributed by atoms with E-state index in [9.17, 15) is 14.7 Å². The van der Waals surface area contributed by atoms with E-state index in [1.165, 1.54) is 4.90 Å². The molecule has 1 aromatic heterocycles. The van der Waals surface area contributed by atoms with Crippen LogP contribution in [0.2, 0.25) is 0 Å². The lowest BCUT2D eigenvalue weighted by Gasteiger charge is -2.27. The van der Waals surface area contributed by atoms with Gasteiger partial charge in [-0.15, -0.1) is 0 Å². The maximum absolute atomic E-state index is 12.3. The van der Waals surface area contributed by atoms with Gasteiger partial charge in [0.15, 0.2) is 0 Å². The third-order valence-electron chi connectivity index (χ3n) is 5.93. The molecule has 148 valence electrons. The second kappa shape index (κ2) is 6.94. The maximum Gasteiger partial charge on any atom is 0.319 e. The minimum Gasteiger partial charge on any atom is -0.481 e. The number of likely N-dealkylation sites (tertiary alicyclic amines) is 2. The summed E-state index contributed by atoms with van der Waals surface area (Å²) in [5, 5.41) is 17.2. The van der Waals surface area contributed by atoms with Gasteiger partial charge in [-0.2, -0.15) is 5.10 Å². The van der Waals surface area contributed by atoms with Crippen LogP contribution in [0.4, 0.5) is 4.79 Å². The van der Waals surface area contributed by atoms with Crippen LogP contribution in [0, 0.1) is 11.3 Å².